The fourth-order valence-electron chi connectivity index (χ4n) is 3.84. The van der Waals surface area contributed by atoms with Gasteiger partial charge in [0, 0.05) is 38.3 Å². The second-order valence-electron chi connectivity index (χ2n) is 6.99. The fraction of sp³-hybridized carbons (Fsp3) is 0.632. The van der Waals surface area contributed by atoms with Crippen LogP contribution in [-0.4, -0.2) is 74.3 Å². The molecule has 2 fully saturated rings. The van der Waals surface area contributed by atoms with Gasteiger partial charge in [0.25, 0.3) is 0 Å². The summed E-state index contributed by atoms with van der Waals surface area (Å²) in [5, 5.41) is 3.44. The minimum absolute atomic E-state index is 0. The van der Waals surface area contributed by atoms with Crippen LogP contribution < -0.4 is 10.1 Å². The first-order valence-electron chi connectivity index (χ1n) is 9.09. The van der Waals surface area contributed by atoms with Crippen LogP contribution in [0.1, 0.15) is 25.5 Å². The van der Waals surface area contributed by atoms with Crippen LogP contribution in [0.15, 0.2) is 24.3 Å². The van der Waals surface area contributed by atoms with Crippen molar-refractivity contribution in [2.24, 2.45) is 0 Å². The SMILES string of the molecule is COc1ccccc1C1CNCCN1CC(=O)N1CC(C)OC(C)C1.Cl. The zero-order chi connectivity index (χ0) is 17.8. The first-order valence-corrected chi connectivity index (χ1v) is 9.09. The number of rotatable bonds is 4. The van der Waals surface area contributed by atoms with Gasteiger partial charge in [-0.3, -0.25) is 9.69 Å². The molecule has 2 saturated heterocycles. The molecule has 0 radical (unpaired) electrons. The Labute approximate surface area is 162 Å². The number of hydrogen-bond donors (Lipinski definition) is 1. The Bertz CT molecular complexity index is 591. The van der Waals surface area contributed by atoms with E-state index in [0.717, 1.165) is 30.9 Å². The third kappa shape index (κ3) is 4.88. The highest BCUT2D eigenvalue weighted by atomic mass is 35.5. The second-order valence-corrected chi connectivity index (χ2v) is 6.99. The number of amides is 1. The molecule has 2 aliphatic rings. The Hall–Kier alpha value is -1.34. The van der Waals surface area contributed by atoms with Crippen molar-refractivity contribution < 1.29 is 14.3 Å². The lowest BCUT2D eigenvalue weighted by atomic mass is 10.0. The highest BCUT2D eigenvalue weighted by Crippen LogP contribution is 2.30. The van der Waals surface area contributed by atoms with Crippen molar-refractivity contribution in [2.45, 2.75) is 32.1 Å². The van der Waals surface area contributed by atoms with E-state index >= 15 is 0 Å². The smallest absolute Gasteiger partial charge is 0.236 e. The maximum atomic E-state index is 12.9. The average molecular weight is 384 g/mol. The number of nitrogens with zero attached hydrogens (tertiary/aromatic N) is 2. The van der Waals surface area contributed by atoms with Crippen LogP contribution in [0.25, 0.3) is 0 Å². The number of halogens is 1. The van der Waals surface area contributed by atoms with Gasteiger partial charge in [-0.1, -0.05) is 18.2 Å². The van der Waals surface area contributed by atoms with Crippen molar-refractivity contribution in [3.05, 3.63) is 29.8 Å². The zero-order valence-electron chi connectivity index (χ0n) is 15.8. The first kappa shape index (κ1) is 21.0. The fourth-order valence-corrected chi connectivity index (χ4v) is 3.84. The second kappa shape index (κ2) is 9.55. The van der Waals surface area contributed by atoms with E-state index in [9.17, 15) is 4.79 Å². The van der Waals surface area contributed by atoms with Crippen LogP contribution in [0.2, 0.25) is 0 Å². The molecule has 0 bridgehead atoms. The number of para-hydroxylation sites is 1. The Morgan fingerprint density at radius 3 is 2.65 bits per heavy atom. The summed E-state index contributed by atoms with van der Waals surface area (Å²) < 4.78 is 11.3. The molecule has 0 spiro atoms. The predicted molar refractivity (Wildman–Crippen MR) is 104 cm³/mol. The Morgan fingerprint density at radius 2 is 1.96 bits per heavy atom. The molecule has 146 valence electrons. The number of hydrogen-bond acceptors (Lipinski definition) is 5. The molecule has 2 heterocycles. The zero-order valence-corrected chi connectivity index (χ0v) is 16.6. The molecule has 0 aromatic heterocycles. The largest absolute Gasteiger partial charge is 0.496 e. The summed E-state index contributed by atoms with van der Waals surface area (Å²) in [5.74, 6) is 1.06. The minimum Gasteiger partial charge on any atom is -0.496 e. The van der Waals surface area contributed by atoms with Gasteiger partial charge in [-0.25, -0.2) is 0 Å². The molecular weight excluding hydrogens is 354 g/mol. The van der Waals surface area contributed by atoms with Gasteiger partial charge in [-0.05, 0) is 19.9 Å². The third-order valence-electron chi connectivity index (χ3n) is 4.96. The van der Waals surface area contributed by atoms with Crippen LogP contribution in [0.4, 0.5) is 0 Å². The lowest BCUT2D eigenvalue weighted by molar-refractivity contribution is -0.145. The molecule has 3 rings (SSSR count). The molecule has 1 aromatic rings. The van der Waals surface area contributed by atoms with Gasteiger partial charge in [-0.2, -0.15) is 0 Å². The summed E-state index contributed by atoms with van der Waals surface area (Å²) in [5.41, 5.74) is 1.13. The van der Waals surface area contributed by atoms with E-state index < -0.39 is 0 Å². The monoisotopic (exact) mass is 383 g/mol. The molecule has 7 heteroatoms. The van der Waals surface area contributed by atoms with Crippen molar-refractivity contribution in [3.8, 4) is 5.75 Å². The lowest BCUT2D eigenvalue weighted by Gasteiger charge is -2.40. The van der Waals surface area contributed by atoms with Gasteiger partial charge in [0.2, 0.25) is 5.91 Å². The molecule has 26 heavy (non-hydrogen) atoms. The van der Waals surface area contributed by atoms with Gasteiger partial charge >= 0.3 is 0 Å². The van der Waals surface area contributed by atoms with Crippen LogP contribution in [0, 0.1) is 0 Å². The van der Waals surface area contributed by atoms with Crippen molar-refractivity contribution in [3.63, 3.8) is 0 Å². The Morgan fingerprint density at radius 1 is 1.27 bits per heavy atom. The molecular formula is C19H30ClN3O3. The number of carbonyl (C=O) groups excluding carboxylic acids is 1. The Balaban J connectivity index is 0.00000243. The van der Waals surface area contributed by atoms with E-state index in [0.29, 0.717) is 19.6 Å². The maximum absolute atomic E-state index is 12.9. The van der Waals surface area contributed by atoms with Crippen molar-refractivity contribution in [1.82, 2.24) is 15.1 Å². The Kier molecular flexibility index (Phi) is 7.70. The molecule has 1 amide bonds. The molecule has 0 saturated carbocycles. The summed E-state index contributed by atoms with van der Waals surface area (Å²) >= 11 is 0. The van der Waals surface area contributed by atoms with Gasteiger partial charge in [0.1, 0.15) is 5.75 Å². The quantitative estimate of drug-likeness (QED) is 0.857. The predicted octanol–water partition coefficient (Wildman–Crippen LogP) is 1.70. The number of carbonyl (C=O) groups is 1. The summed E-state index contributed by atoms with van der Waals surface area (Å²) in [6.07, 6.45) is 0.196. The summed E-state index contributed by atoms with van der Waals surface area (Å²) in [7, 11) is 1.70. The van der Waals surface area contributed by atoms with Gasteiger partial charge in [-0.15, -0.1) is 12.4 Å². The van der Waals surface area contributed by atoms with E-state index in [4.69, 9.17) is 9.47 Å². The number of morpholine rings is 1. The van der Waals surface area contributed by atoms with E-state index in [-0.39, 0.29) is 36.6 Å². The molecule has 6 nitrogen and oxygen atoms in total. The van der Waals surface area contributed by atoms with Crippen LogP contribution in [0.3, 0.4) is 0 Å². The molecule has 2 aliphatic heterocycles. The lowest BCUT2D eigenvalue weighted by Crippen LogP contribution is -2.54. The minimum atomic E-state index is 0. The van der Waals surface area contributed by atoms with Crippen molar-refractivity contribution >= 4 is 18.3 Å². The van der Waals surface area contributed by atoms with Crippen LogP contribution in [-0.2, 0) is 9.53 Å². The normalized spacial score (nSPS) is 26.9. The van der Waals surface area contributed by atoms with E-state index in [2.05, 4.69) is 16.3 Å². The third-order valence-corrected chi connectivity index (χ3v) is 4.96. The maximum Gasteiger partial charge on any atom is 0.236 e. The number of benzene rings is 1. The molecule has 1 N–H and O–H groups in total. The standard InChI is InChI=1S/C19H29N3O3.ClH/c1-14-11-22(12-15(2)25-14)19(23)13-21-9-8-20-10-17(21)16-6-4-5-7-18(16)24-3;/h4-7,14-15,17,20H,8-13H2,1-3H3;1H. The van der Waals surface area contributed by atoms with Crippen LogP contribution >= 0.6 is 12.4 Å². The number of piperazine rings is 1. The number of methoxy groups -OCH3 is 1. The van der Waals surface area contributed by atoms with E-state index in [1.807, 2.05) is 36.9 Å². The highest BCUT2D eigenvalue weighted by molar-refractivity contribution is 5.85. The molecule has 3 unspecified atom stereocenters. The van der Waals surface area contributed by atoms with E-state index in [1.54, 1.807) is 7.11 Å². The topological polar surface area (TPSA) is 54.0 Å². The van der Waals surface area contributed by atoms with Gasteiger partial charge < -0.3 is 19.7 Å². The summed E-state index contributed by atoms with van der Waals surface area (Å²) in [4.78, 5) is 17.1. The first-order chi connectivity index (χ1) is 12.1. The molecule has 1 aromatic carbocycles. The van der Waals surface area contributed by atoms with E-state index in [1.165, 1.54) is 0 Å². The number of ether oxygens (including phenoxy) is 2. The molecule has 3 atom stereocenters. The highest BCUT2D eigenvalue weighted by Gasteiger charge is 2.31. The summed E-state index contributed by atoms with van der Waals surface area (Å²) in [6.45, 7) is 8.41. The summed E-state index contributed by atoms with van der Waals surface area (Å²) in [6, 6.07) is 8.22. The number of nitrogens with one attached hydrogen (secondary N) is 1. The van der Waals surface area contributed by atoms with Crippen LogP contribution in [0.5, 0.6) is 5.75 Å². The average Bonchev–Trinajstić information content (AvgIpc) is 2.61. The van der Waals surface area contributed by atoms with Gasteiger partial charge in [0.15, 0.2) is 0 Å². The van der Waals surface area contributed by atoms with Gasteiger partial charge in [0.05, 0.1) is 31.9 Å². The van der Waals surface area contributed by atoms with Crippen molar-refractivity contribution in [2.75, 3.05) is 46.4 Å². The molecule has 0 aliphatic carbocycles. The van der Waals surface area contributed by atoms with Crippen molar-refractivity contribution in [1.29, 1.82) is 0 Å².